The highest BCUT2D eigenvalue weighted by molar-refractivity contribution is 5.79. The molecule has 0 aromatic heterocycles. The van der Waals surface area contributed by atoms with Gasteiger partial charge < -0.3 is 5.11 Å². The molecule has 0 atom stereocenters. The second-order valence-electron chi connectivity index (χ2n) is 2.26. The normalized spacial score (nSPS) is 13.9. The van der Waals surface area contributed by atoms with Gasteiger partial charge in [0.15, 0.2) is 5.92 Å². The van der Waals surface area contributed by atoms with Crippen LogP contribution in [-0.4, -0.2) is 23.4 Å². The number of allylic oxidation sites excluding steroid dienone is 1. The first-order chi connectivity index (χ1) is 6.05. The van der Waals surface area contributed by atoms with Gasteiger partial charge in [0.05, 0.1) is 0 Å². The Kier molecular flexibility index (Phi) is 3.55. The highest BCUT2D eigenvalue weighted by Crippen LogP contribution is 2.39. The molecule has 0 saturated heterocycles. The average molecular weight is 222 g/mol. The molecule has 8 heteroatoms. The molecule has 0 spiro atoms. The van der Waals surface area contributed by atoms with Crippen LogP contribution in [0.3, 0.4) is 0 Å². The van der Waals surface area contributed by atoms with E-state index in [2.05, 4.69) is 0 Å². The van der Waals surface area contributed by atoms with Gasteiger partial charge in [-0.2, -0.15) is 26.3 Å². The van der Waals surface area contributed by atoms with Crippen LogP contribution in [0, 0.1) is 5.92 Å². The molecule has 2 nitrogen and oxygen atoms in total. The summed E-state index contributed by atoms with van der Waals surface area (Å²) >= 11 is 0. The minimum absolute atomic E-state index is 0.189. The maximum Gasteiger partial charge on any atom is 0.403 e. The molecule has 0 rings (SSSR count). The molecule has 1 N–H and O–H groups in total. The minimum atomic E-state index is -5.54. The lowest BCUT2D eigenvalue weighted by molar-refractivity contribution is -0.267. The van der Waals surface area contributed by atoms with Gasteiger partial charge in [0.1, 0.15) is 0 Å². The summed E-state index contributed by atoms with van der Waals surface area (Å²) in [5.41, 5.74) is 0. The van der Waals surface area contributed by atoms with Gasteiger partial charge in [-0.3, -0.25) is 0 Å². The smallest absolute Gasteiger partial charge is 0.403 e. The van der Waals surface area contributed by atoms with Crippen LogP contribution in [0.4, 0.5) is 26.3 Å². The molecular formula is C6H4F6O2. The molecule has 0 aliphatic heterocycles. The zero-order chi connectivity index (χ0) is 11.6. The molecule has 14 heavy (non-hydrogen) atoms. The van der Waals surface area contributed by atoms with Crippen molar-refractivity contribution in [1.82, 2.24) is 0 Å². The fraction of sp³-hybridized carbons (Fsp3) is 0.500. The zero-order valence-corrected chi connectivity index (χ0v) is 6.36. The second kappa shape index (κ2) is 3.89. The van der Waals surface area contributed by atoms with Crippen LogP contribution < -0.4 is 0 Å². The van der Waals surface area contributed by atoms with Gasteiger partial charge in [0.2, 0.25) is 0 Å². The van der Waals surface area contributed by atoms with Crippen LogP contribution in [-0.2, 0) is 4.79 Å². The Morgan fingerprint density at radius 3 is 1.64 bits per heavy atom. The van der Waals surface area contributed by atoms with Crippen molar-refractivity contribution in [1.29, 1.82) is 0 Å². The van der Waals surface area contributed by atoms with E-state index in [9.17, 15) is 31.1 Å². The molecule has 0 aromatic carbocycles. The summed E-state index contributed by atoms with van der Waals surface area (Å²) in [7, 11) is 0. The number of carbonyl (C=O) groups is 1. The first-order valence-corrected chi connectivity index (χ1v) is 3.09. The van der Waals surface area contributed by atoms with Crippen LogP contribution in [0.5, 0.6) is 0 Å². The summed E-state index contributed by atoms with van der Waals surface area (Å²) in [5, 5.41) is 7.87. The summed E-state index contributed by atoms with van der Waals surface area (Å²) < 4.78 is 70.2. The van der Waals surface area contributed by atoms with E-state index in [0.717, 1.165) is 0 Å². The van der Waals surface area contributed by atoms with Crippen LogP contribution in [0.25, 0.3) is 0 Å². The fourth-order valence-electron chi connectivity index (χ4n) is 0.582. The summed E-state index contributed by atoms with van der Waals surface area (Å²) in [5.74, 6) is -5.62. The number of carboxylic acids is 1. The Labute approximate surface area is 73.8 Å². The summed E-state index contributed by atoms with van der Waals surface area (Å²) in [6.07, 6.45) is -11.7. The van der Waals surface area contributed by atoms with Gasteiger partial charge in [-0.25, -0.2) is 4.79 Å². The molecule has 0 radical (unpaired) electrons. The van der Waals surface area contributed by atoms with Crippen molar-refractivity contribution in [2.45, 2.75) is 12.4 Å². The Bertz CT molecular complexity index is 224. The second-order valence-corrected chi connectivity index (χ2v) is 2.26. The Hall–Kier alpha value is -1.21. The fourth-order valence-corrected chi connectivity index (χ4v) is 0.582. The molecule has 0 heterocycles. The molecule has 0 amide bonds. The van der Waals surface area contributed by atoms with E-state index < -0.39 is 30.3 Å². The third-order valence-corrected chi connectivity index (χ3v) is 1.14. The predicted molar refractivity (Wildman–Crippen MR) is 32.4 cm³/mol. The van der Waals surface area contributed by atoms with E-state index in [0.29, 0.717) is 0 Å². The van der Waals surface area contributed by atoms with Gasteiger partial charge in [-0.05, 0) is 0 Å². The highest BCUT2D eigenvalue weighted by Gasteiger charge is 2.55. The third-order valence-electron chi connectivity index (χ3n) is 1.14. The van der Waals surface area contributed by atoms with E-state index in [1.54, 1.807) is 0 Å². The third kappa shape index (κ3) is 4.15. The summed E-state index contributed by atoms with van der Waals surface area (Å²) in [6, 6.07) is 0. The topological polar surface area (TPSA) is 37.3 Å². The number of halogens is 6. The summed E-state index contributed by atoms with van der Waals surface area (Å²) in [6.45, 7) is 0. The van der Waals surface area contributed by atoms with Crippen molar-refractivity contribution < 1.29 is 36.2 Å². The predicted octanol–water partition coefficient (Wildman–Crippen LogP) is 2.37. The van der Waals surface area contributed by atoms with E-state index in [1.165, 1.54) is 0 Å². The Morgan fingerprint density at radius 2 is 1.43 bits per heavy atom. The van der Waals surface area contributed by atoms with E-state index in [1.807, 2.05) is 0 Å². The SMILES string of the molecule is O=C(O)/C=C/C(C(F)(F)F)C(F)(F)F. The maximum absolute atomic E-state index is 11.7. The monoisotopic (exact) mass is 222 g/mol. The first kappa shape index (κ1) is 12.8. The van der Waals surface area contributed by atoms with Crippen molar-refractivity contribution in [3.63, 3.8) is 0 Å². The Balaban J connectivity index is 4.86. The molecule has 0 unspecified atom stereocenters. The largest absolute Gasteiger partial charge is 0.478 e. The van der Waals surface area contributed by atoms with Crippen LogP contribution >= 0.6 is 0 Å². The number of aliphatic carboxylic acids is 1. The standard InChI is InChI=1S/C6H4F6O2/c7-5(8,9)3(6(10,11)12)1-2-4(13)14/h1-3H,(H,13,14)/b2-1+. The van der Waals surface area contributed by atoms with Crippen LogP contribution in [0.1, 0.15) is 0 Å². The van der Waals surface area contributed by atoms with Crippen molar-refractivity contribution >= 4 is 5.97 Å². The Morgan fingerprint density at radius 1 is 1.07 bits per heavy atom. The molecule has 0 bridgehead atoms. The van der Waals surface area contributed by atoms with Crippen molar-refractivity contribution in [2.75, 3.05) is 0 Å². The quantitative estimate of drug-likeness (QED) is 0.575. The average Bonchev–Trinajstić information content (AvgIpc) is 1.78. The molecule has 82 valence electrons. The summed E-state index contributed by atoms with van der Waals surface area (Å²) in [4.78, 5) is 9.74. The van der Waals surface area contributed by atoms with Crippen LogP contribution in [0.15, 0.2) is 12.2 Å². The number of alkyl halides is 6. The van der Waals surface area contributed by atoms with Gasteiger partial charge in [-0.1, -0.05) is 6.08 Å². The highest BCUT2D eigenvalue weighted by atomic mass is 19.4. The number of hydrogen-bond donors (Lipinski definition) is 1. The number of carboxylic acid groups (broad SMARTS) is 1. The minimum Gasteiger partial charge on any atom is -0.478 e. The lowest BCUT2D eigenvalue weighted by atomic mass is 10.1. The molecule has 0 fully saturated rings. The van der Waals surface area contributed by atoms with Crippen molar-refractivity contribution in [3.05, 3.63) is 12.2 Å². The zero-order valence-electron chi connectivity index (χ0n) is 6.36. The van der Waals surface area contributed by atoms with Gasteiger partial charge in [0, 0.05) is 6.08 Å². The molecule has 0 saturated carbocycles. The first-order valence-electron chi connectivity index (χ1n) is 3.09. The lowest BCUT2D eigenvalue weighted by Crippen LogP contribution is -2.34. The molecule has 0 aliphatic carbocycles. The van der Waals surface area contributed by atoms with Crippen molar-refractivity contribution in [3.8, 4) is 0 Å². The molecule has 0 aromatic rings. The van der Waals surface area contributed by atoms with Gasteiger partial charge in [-0.15, -0.1) is 0 Å². The van der Waals surface area contributed by atoms with E-state index >= 15 is 0 Å². The number of hydrogen-bond acceptors (Lipinski definition) is 1. The molecule has 0 aliphatic rings. The maximum atomic E-state index is 11.7. The van der Waals surface area contributed by atoms with E-state index in [-0.39, 0.29) is 6.08 Å². The number of rotatable bonds is 2. The van der Waals surface area contributed by atoms with Gasteiger partial charge >= 0.3 is 18.3 Å². The lowest BCUT2D eigenvalue weighted by Gasteiger charge is -2.19. The van der Waals surface area contributed by atoms with Crippen LogP contribution in [0.2, 0.25) is 0 Å². The van der Waals surface area contributed by atoms with Gasteiger partial charge in [0.25, 0.3) is 0 Å². The van der Waals surface area contributed by atoms with E-state index in [4.69, 9.17) is 5.11 Å². The molecular weight excluding hydrogens is 218 g/mol. The van der Waals surface area contributed by atoms with Crippen molar-refractivity contribution in [2.24, 2.45) is 5.92 Å².